The van der Waals surface area contributed by atoms with Crippen LogP contribution in [0.4, 0.5) is 13.9 Å². The van der Waals surface area contributed by atoms with Gasteiger partial charge < -0.3 is 4.74 Å². The van der Waals surface area contributed by atoms with Crippen LogP contribution < -0.4 is 10.1 Å². The number of hydrogen-bond acceptors (Lipinski definition) is 9. The number of nitrogens with one attached hydrogen (secondary N) is 1. The fourth-order valence-corrected chi connectivity index (χ4v) is 4.44. The van der Waals surface area contributed by atoms with E-state index < -0.39 is 12.3 Å². The Hall–Kier alpha value is -4.45. The number of fused-ring (bicyclic) bond motifs is 1. The monoisotopic (exact) mass is 519 g/mol. The normalized spacial score (nSPS) is 11.2. The molecule has 5 rings (SSSR count). The molecule has 0 aliphatic carbocycles. The van der Waals surface area contributed by atoms with E-state index in [2.05, 4.69) is 35.2 Å². The summed E-state index contributed by atoms with van der Waals surface area (Å²) in [5, 5.41) is 3.10. The van der Waals surface area contributed by atoms with Gasteiger partial charge in [0.05, 0.1) is 30.8 Å². The van der Waals surface area contributed by atoms with Gasteiger partial charge in [0, 0.05) is 40.5 Å². The highest BCUT2D eigenvalue weighted by atomic mass is 32.1. The molecule has 0 aliphatic heterocycles. The second-order valence-corrected chi connectivity index (χ2v) is 9.00. The van der Waals surface area contributed by atoms with Crippen LogP contribution in [-0.4, -0.2) is 42.9 Å². The Morgan fingerprint density at radius 1 is 0.946 bits per heavy atom. The zero-order chi connectivity index (χ0) is 26.1. The first-order chi connectivity index (χ1) is 17.8. The SMILES string of the molecule is COc1cnc(C)cc1-c1cc(C)ncc1C(=O)Nc1nc2ncc(-c3ccc(C(F)F)nc3)nc2s1. The molecular weight excluding hydrogens is 500 g/mol. The van der Waals surface area contributed by atoms with Gasteiger partial charge in [0.2, 0.25) is 0 Å². The molecule has 5 aromatic heterocycles. The molecule has 0 saturated carbocycles. The molecule has 0 aromatic carbocycles. The highest BCUT2D eigenvalue weighted by Gasteiger charge is 2.20. The number of thiazole rings is 1. The lowest BCUT2D eigenvalue weighted by Crippen LogP contribution is -2.14. The zero-order valence-corrected chi connectivity index (χ0v) is 20.7. The molecule has 0 atom stereocenters. The Morgan fingerprint density at radius 3 is 2.41 bits per heavy atom. The van der Waals surface area contributed by atoms with E-state index in [-0.39, 0.29) is 5.69 Å². The maximum atomic E-state index is 13.3. The van der Waals surface area contributed by atoms with Gasteiger partial charge in [-0.15, -0.1) is 0 Å². The first kappa shape index (κ1) is 24.3. The molecule has 0 spiro atoms. The van der Waals surface area contributed by atoms with Crippen molar-refractivity contribution in [3.63, 3.8) is 0 Å². The van der Waals surface area contributed by atoms with Crippen LogP contribution in [0.25, 0.3) is 32.9 Å². The minimum Gasteiger partial charge on any atom is -0.494 e. The summed E-state index contributed by atoms with van der Waals surface area (Å²) >= 11 is 1.14. The third kappa shape index (κ3) is 4.96. The summed E-state index contributed by atoms with van der Waals surface area (Å²) in [6, 6.07) is 6.42. The third-order valence-electron chi connectivity index (χ3n) is 5.45. The summed E-state index contributed by atoms with van der Waals surface area (Å²) in [5.74, 6) is 0.118. The first-order valence-electron chi connectivity index (χ1n) is 11.0. The van der Waals surface area contributed by atoms with Crippen molar-refractivity contribution in [3.05, 3.63) is 71.7 Å². The van der Waals surface area contributed by atoms with Crippen LogP contribution in [0, 0.1) is 13.8 Å². The smallest absolute Gasteiger partial charge is 0.280 e. The number of methoxy groups -OCH3 is 1. The zero-order valence-electron chi connectivity index (χ0n) is 19.9. The predicted octanol–water partition coefficient (Wildman–Crippen LogP) is 5.42. The predicted molar refractivity (Wildman–Crippen MR) is 135 cm³/mol. The molecule has 0 radical (unpaired) electrons. The molecule has 12 heteroatoms. The number of halogens is 2. The fourth-order valence-electron chi connectivity index (χ4n) is 3.65. The summed E-state index contributed by atoms with van der Waals surface area (Å²) in [7, 11) is 1.54. The molecule has 0 bridgehead atoms. The Morgan fingerprint density at radius 2 is 1.70 bits per heavy atom. The quantitative estimate of drug-likeness (QED) is 0.316. The van der Waals surface area contributed by atoms with Gasteiger partial charge in [0.15, 0.2) is 15.6 Å². The second-order valence-electron chi connectivity index (χ2n) is 8.03. The van der Waals surface area contributed by atoms with Crippen molar-refractivity contribution in [1.29, 1.82) is 0 Å². The van der Waals surface area contributed by atoms with Crippen LogP contribution >= 0.6 is 11.3 Å². The Balaban J connectivity index is 1.45. The number of carbonyl (C=O) groups is 1. The maximum Gasteiger partial charge on any atom is 0.280 e. The van der Waals surface area contributed by atoms with Crippen LogP contribution in [0.3, 0.4) is 0 Å². The molecule has 0 fully saturated rings. The second kappa shape index (κ2) is 9.90. The number of nitrogens with zero attached hydrogens (tertiary/aromatic N) is 6. The number of aryl methyl sites for hydroxylation is 2. The number of pyridine rings is 3. The van der Waals surface area contributed by atoms with E-state index in [1.807, 2.05) is 26.0 Å². The number of carbonyl (C=O) groups excluding carboxylic acids is 1. The summed E-state index contributed by atoms with van der Waals surface area (Å²) in [6.45, 7) is 3.69. The molecule has 0 unspecified atom stereocenters. The van der Waals surface area contributed by atoms with Crippen molar-refractivity contribution in [2.75, 3.05) is 12.4 Å². The average Bonchev–Trinajstić information content (AvgIpc) is 3.30. The van der Waals surface area contributed by atoms with Crippen LogP contribution in [-0.2, 0) is 0 Å². The molecule has 186 valence electrons. The van der Waals surface area contributed by atoms with E-state index >= 15 is 0 Å². The molecule has 1 amide bonds. The van der Waals surface area contributed by atoms with Crippen molar-refractivity contribution in [2.45, 2.75) is 20.3 Å². The standard InChI is InChI=1S/C25H19F2N7O2S/c1-12-6-15(16-7-13(2)29-11-20(16)36-3)17(9-28-12)23(35)34-25-33-22-24(37-25)32-19(10-31-22)14-4-5-18(21(26)27)30-8-14/h4-11,21H,1-3H3,(H,31,33,34,35). The van der Waals surface area contributed by atoms with Crippen LogP contribution in [0.5, 0.6) is 5.75 Å². The lowest BCUT2D eigenvalue weighted by molar-refractivity contribution is 0.102. The number of anilines is 1. The van der Waals surface area contributed by atoms with E-state index in [1.54, 1.807) is 13.3 Å². The van der Waals surface area contributed by atoms with Crippen molar-refractivity contribution in [1.82, 2.24) is 29.9 Å². The number of alkyl halides is 2. The van der Waals surface area contributed by atoms with Crippen LogP contribution in [0.15, 0.2) is 49.1 Å². The lowest BCUT2D eigenvalue weighted by atomic mass is 9.99. The molecule has 0 aliphatic rings. The molecule has 5 aromatic rings. The summed E-state index contributed by atoms with van der Waals surface area (Å²) in [6.07, 6.45) is 3.27. The van der Waals surface area contributed by atoms with E-state index in [1.165, 1.54) is 30.7 Å². The maximum absolute atomic E-state index is 13.3. The van der Waals surface area contributed by atoms with Gasteiger partial charge in [0.1, 0.15) is 11.4 Å². The molecule has 1 N–H and O–H groups in total. The van der Waals surface area contributed by atoms with Crippen molar-refractivity contribution < 1.29 is 18.3 Å². The van der Waals surface area contributed by atoms with Gasteiger partial charge >= 0.3 is 0 Å². The van der Waals surface area contributed by atoms with E-state index in [9.17, 15) is 13.6 Å². The van der Waals surface area contributed by atoms with Crippen molar-refractivity contribution >= 4 is 32.9 Å². The number of rotatable bonds is 6. The number of amides is 1. The summed E-state index contributed by atoms with van der Waals surface area (Å²) in [4.78, 5) is 39.3. The van der Waals surface area contributed by atoms with Crippen molar-refractivity contribution in [3.8, 4) is 28.1 Å². The Kier molecular flexibility index (Phi) is 6.49. The number of aromatic nitrogens is 6. The van der Waals surface area contributed by atoms with Gasteiger partial charge in [0.25, 0.3) is 12.3 Å². The van der Waals surface area contributed by atoms with Crippen molar-refractivity contribution in [2.24, 2.45) is 0 Å². The largest absolute Gasteiger partial charge is 0.494 e. The first-order valence-corrected chi connectivity index (χ1v) is 11.8. The molecule has 9 nitrogen and oxygen atoms in total. The molecule has 0 saturated heterocycles. The Bertz CT molecular complexity index is 1620. The minimum absolute atomic E-state index is 0.299. The van der Waals surface area contributed by atoms with E-state index in [4.69, 9.17) is 4.74 Å². The van der Waals surface area contributed by atoms with Crippen LogP contribution in [0.1, 0.15) is 33.9 Å². The molecule has 5 heterocycles. The van der Waals surface area contributed by atoms with E-state index in [0.29, 0.717) is 43.7 Å². The Labute approximate surface area is 213 Å². The highest BCUT2D eigenvalue weighted by molar-refractivity contribution is 7.21. The molecular formula is C25H19F2N7O2S. The summed E-state index contributed by atoms with van der Waals surface area (Å²) < 4.78 is 31.1. The molecule has 37 heavy (non-hydrogen) atoms. The van der Waals surface area contributed by atoms with Gasteiger partial charge in [-0.1, -0.05) is 11.3 Å². The van der Waals surface area contributed by atoms with Gasteiger partial charge in [-0.3, -0.25) is 25.1 Å². The van der Waals surface area contributed by atoms with Crippen LogP contribution in [0.2, 0.25) is 0 Å². The highest BCUT2D eigenvalue weighted by Crippen LogP contribution is 2.34. The van der Waals surface area contributed by atoms with E-state index in [0.717, 1.165) is 28.3 Å². The van der Waals surface area contributed by atoms with Gasteiger partial charge in [-0.2, -0.15) is 4.98 Å². The van der Waals surface area contributed by atoms with Gasteiger partial charge in [-0.05, 0) is 38.1 Å². The topological polar surface area (TPSA) is 116 Å². The number of hydrogen-bond donors (Lipinski definition) is 1. The minimum atomic E-state index is -2.65. The third-order valence-corrected chi connectivity index (χ3v) is 6.30. The number of ether oxygens (including phenoxy) is 1. The lowest BCUT2D eigenvalue weighted by Gasteiger charge is -2.13. The average molecular weight is 520 g/mol. The fraction of sp³-hybridized carbons (Fsp3) is 0.160. The summed E-state index contributed by atoms with van der Waals surface area (Å²) in [5.41, 5.74) is 4.22. The van der Waals surface area contributed by atoms with Gasteiger partial charge in [-0.25, -0.2) is 18.7 Å².